The maximum atomic E-state index is 5.05. The maximum Gasteiger partial charge on any atom is 0.252 e. The van der Waals surface area contributed by atoms with Crippen LogP contribution in [0.1, 0.15) is 50.7 Å². The minimum absolute atomic E-state index is 0.0183. The van der Waals surface area contributed by atoms with Gasteiger partial charge in [-0.25, -0.2) is 0 Å². The zero-order valence-corrected chi connectivity index (χ0v) is 40.6. The number of rotatable bonds is 13. The van der Waals surface area contributed by atoms with Crippen LogP contribution < -0.4 is 26.2 Å². The summed E-state index contributed by atoms with van der Waals surface area (Å²) >= 11 is 0. The number of aryl methyl sites for hydroxylation is 2. The van der Waals surface area contributed by atoms with Crippen LogP contribution in [0, 0.1) is 0 Å². The molecular formula is C67H56BN3. The average molecular weight is 914 g/mol. The molecule has 0 atom stereocenters. The first-order chi connectivity index (χ1) is 35.1. The van der Waals surface area contributed by atoms with Crippen LogP contribution in [0.15, 0.2) is 231 Å². The van der Waals surface area contributed by atoms with Crippen LogP contribution >= 0.6 is 0 Å². The van der Waals surface area contributed by atoms with Crippen molar-refractivity contribution in [1.82, 2.24) is 4.98 Å². The van der Waals surface area contributed by atoms with Crippen molar-refractivity contribution in [2.75, 3.05) is 9.80 Å². The van der Waals surface area contributed by atoms with Gasteiger partial charge in [-0.1, -0.05) is 178 Å². The molecule has 0 aliphatic carbocycles. The summed E-state index contributed by atoms with van der Waals surface area (Å²) in [5, 5.41) is 0. The Morgan fingerprint density at radius 3 is 1.11 bits per heavy atom. The number of aromatic nitrogens is 1. The molecule has 0 fully saturated rings. The molecule has 1 aromatic heterocycles. The van der Waals surface area contributed by atoms with Crippen molar-refractivity contribution < 1.29 is 0 Å². The van der Waals surface area contributed by atoms with Crippen LogP contribution in [0.2, 0.25) is 0 Å². The summed E-state index contributed by atoms with van der Waals surface area (Å²) in [5.41, 5.74) is 25.3. The Bertz CT molecular complexity index is 3180. The number of hydrogen-bond donors (Lipinski definition) is 0. The van der Waals surface area contributed by atoms with Crippen molar-refractivity contribution in [3.05, 3.63) is 242 Å². The molecule has 3 heterocycles. The van der Waals surface area contributed by atoms with Gasteiger partial charge in [0.05, 0.1) is 5.69 Å². The molecule has 0 saturated carbocycles. The first-order valence-corrected chi connectivity index (χ1v) is 25.6. The predicted octanol–water partition coefficient (Wildman–Crippen LogP) is 16.2. The number of hydrogen-bond acceptors (Lipinski definition) is 3. The standard InChI is InChI=1S/C67H56BN3/c1-3-5-21-47-32-34-63-60(37-47)68-61-38-48(22-6-4-2)33-35-64(61)71(59-43-55(51-27-15-9-16-28-51)40-56(44-59)52-29-17-10-18-30-52)66-46-57(62-31-19-20-36-69-62)45-65(67(66)68)70(63)58-41-53(49-23-11-7-12-24-49)39-54(42-58)50-25-13-8-14-26-50/h7-20,23-46H,3-6,21-22H2,1-2H3. The molecule has 12 rings (SSSR count). The van der Waals surface area contributed by atoms with Gasteiger partial charge in [0.2, 0.25) is 0 Å². The first-order valence-electron chi connectivity index (χ1n) is 25.6. The van der Waals surface area contributed by atoms with E-state index in [-0.39, 0.29) is 6.71 Å². The summed E-state index contributed by atoms with van der Waals surface area (Å²) in [4.78, 5) is 10.2. The normalized spacial score (nSPS) is 12.3. The third-order valence-corrected chi connectivity index (χ3v) is 14.6. The number of unbranched alkanes of at least 4 members (excludes halogenated alkanes) is 2. The van der Waals surface area contributed by atoms with Crippen LogP contribution in [0.25, 0.3) is 55.8 Å². The molecule has 3 nitrogen and oxygen atoms in total. The highest BCUT2D eigenvalue weighted by molar-refractivity contribution is 7.00. The lowest BCUT2D eigenvalue weighted by Crippen LogP contribution is -2.61. The van der Waals surface area contributed by atoms with E-state index in [1.807, 2.05) is 12.3 Å². The Morgan fingerprint density at radius 2 is 0.746 bits per heavy atom. The summed E-state index contributed by atoms with van der Waals surface area (Å²) in [7, 11) is 0. The van der Waals surface area contributed by atoms with Crippen LogP contribution in [-0.2, 0) is 12.8 Å². The van der Waals surface area contributed by atoms with Gasteiger partial charge in [0.15, 0.2) is 0 Å². The molecule has 0 saturated heterocycles. The van der Waals surface area contributed by atoms with Gasteiger partial charge in [-0.15, -0.1) is 0 Å². The Kier molecular flexibility index (Phi) is 12.0. The molecule has 71 heavy (non-hydrogen) atoms. The highest BCUT2D eigenvalue weighted by atomic mass is 15.2. The molecule has 4 heteroatoms. The van der Waals surface area contributed by atoms with Crippen molar-refractivity contribution in [2.24, 2.45) is 0 Å². The van der Waals surface area contributed by atoms with Gasteiger partial charge in [-0.2, -0.15) is 0 Å². The summed E-state index contributed by atoms with van der Waals surface area (Å²) in [6, 6.07) is 83.7. The molecule has 9 aromatic carbocycles. The van der Waals surface area contributed by atoms with Gasteiger partial charge in [-0.3, -0.25) is 4.98 Å². The lowest BCUT2D eigenvalue weighted by Gasteiger charge is -2.45. The van der Waals surface area contributed by atoms with Gasteiger partial charge >= 0.3 is 0 Å². The molecule has 0 bridgehead atoms. The van der Waals surface area contributed by atoms with E-state index in [0.29, 0.717) is 0 Å². The number of fused-ring (bicyclic) bond motifs is 4. The molecule has 2 aliphatic rings. The zero-order chi connectivity index (χ0) is 47.7. The molecule has 10 aromatic rings. The predicted molar refractivity (Wildman–Crippen MR) is 303 cm³/mol. The quantitative estimate of drug-likeness (QED) is 0.107. The van der Waals surface area contributed by atoms with E-state index < -0.39 is 0 Å². The Labute approximate surface area is 419 Å². The Morgan fingerprint density at radius 1 is 0.352 bits per heavy atom. The lowest BCUT2D eigenvalue weighted by atomic mass is 9.33. The molecular weight excluding hydrogens is 858 g/mol. The fraction of sp³-hybridized carbons (Fsp3) is 0.119. The molecule has 0 unspecified atom stereocenters. The van der Waals surface area contributed by atoms with Crippen LogP contribution in [-0.4, -0.2) is 11.7 Å². The summed E-state index contributed by atoms with van der Waals surface area (Å²) < 4.78 is 0. The second-order valence-corrected chi connectivity index (χ2v) is 19.2. The smallest absolute Gasteiger partial charge is 0.252 e. The molecule has 0 radical (unpaired) electrons. The van der Waals surface area contributed by atoms with Crippen LogP contribution in [0.5, 0.6) is 0 Å². The SMILES string of the molecule is CCCCc1ccc2c(c1)B1c3cc(CCCC)ccc3N(c3cc(-c4ccccc4)cc(-c4ccccc4)c3)c3cc(-c4ccccn4)cc(c31)N2c1cc(-c2ccccc2)cc(-c2ccccc2)c1. The molecule has 342 valence electrons. The zero-order valence-electron chi connectivity index (χ0n) is 40.6. The summed E-state index contributed by atoms with van der Waals surface area (Å²) in [5.74, 6) is 0. The third-order valence-electron chi connectivity index (χ3n) is 14.6. The van der Waals surface area contributed by atoms with Crippen molar-refractivity contribution in [3.63, 3.8) is 0 Å². The monoisotopic (exact) mass is 913 g/mol. The number of anilines is 6. The maximum absolute atomic E-state index is 5.05. The van der Waals surface area contributed by atoms with Crippen molar-refractivity contribution in [3.8, 4) is 55.8 Å². The highest BCUT2D eigenvalue weighted by Gasteiger charge is 2.44. The van der Waals surface area contributed by atoms with E-state index in [9.17, 15) is 0 Å². The van der Waals surface area contributed by atoms with Gasteiger partial charge in [0.1, 0.15) is 0 Å². The second kappa shape index (κ2) is 19.3. The largest absolute Gasteiger partial charge is 0.311 e. The molecule has 2 aliphatic heterocycles. The number of pyridine rings is 1. The molecule has 0 N–H and O–H groups in total. The van der Waals surface area contributed by atoms with Gasteiger partial charge < -0.3 is 9.80 Å². The van der Waals surface area contributed by atoms with Gasteiger partial charge in [0, 0.05) is 45.9 Å². The van der Waals surface area contributed by atoms with Crippen LogP contribution in [0.4, 0.5) is 34.1 Å². The van der Waals surface area contributed by atoms with E-state index in [2.05, 4.69) is 242 Å². The molecule has 0 amide bonds. The fourth-order valence-corrected chi connectivity index (χ4v) is 11.1. The second-order valence-electron chi connectivity index (χ2n) is 19.2. The third kappa shape index (κ3) is 8.44. The van der Waals surface area contributed by atoms with E-state index in [1.165, 1.54) is 94.8 Å². The minimum atomic E-state index is -0.0183. The van der Waals surface area contributed by atoms with Crippen molar-refractivity contribution in [1.29, 1.82) is 0 Å². The van der Waals surface area contributed by atoms with E-state index >= 15 is 0 Å². The minimum Gasteiger partial charge on any atom is -0.311 e. The van der Waals surface area contributed by atoms with Gasteiger partial charge in [0.25, 0.3) is 6.71 Å². The fourth-order valence-electron chi connectivity index (χ4n) is 11.1. The van der Waals surface area contributed by atoms with E-state index in [4.69, 9.17) is 4.98 Å². The van der Waals surface area contributed by atoms with E-state index in [0.717, 1.165) is 61.2 Å². The van der Waals surface area contributed by atoms with E-state index in [1.54, 1.807) is 0 Å². The Hall–Kier alpha value is -8.21. The Balaban J connectivity index is 1.19. The first kappa shape index (κ1) is 44.0. The average Bonchev–Trinajstić information content (AvgIpc) is 3.44. The molecule has 0 spiro atoms. The summed E-state index contributed by atoms with van der Waals surface area (Å²) in [6.45, 7) is 4.58. The van der Waals surface area contributed by atoms with Crippen LogP contribution in [0.3, 0.4) is 0 Å². The van der Waals surface area contributed by atoms with Gasteiger partial charge in [-0.05, 0) is 171 Å². The number of benzene rings is 9. The topological polar surface area (TPSA) is 19.4 Å². The number of nitrogens with zero attached hydrogens (tertiary/aromatic N) is 3. The van der Waals surface area contributed by atoms with Crippen molar-refractivity contribution in [2.45, 2.75) is 52.4 Å². The highest BCUT2D eigenvalue weighted by Crippen LogP contribution is 2.48. The summed E-state index contributed by atoms with van der Waals surface area (Å²) in [6.07, 6.45) is 8.60. The lowest BCUT2D eigenvalue weighted by molar-refractivity contribution is 0.795. The van der Waals surface area contributed by atoms with Crippen molar-refractivity contribution >= 4 is 57.2 Å².